The van der Waals surface area contributed by atoms with Crippen molar-refractivity contribution < 1.29 is 17.6 Å². The average Bonchev–Trinajstić information content (AvgIpc) is 3.14. The maximum absolute atomic E-state index is 13.9. The maximum atomic E-state index is 13.9. The first-order chi connectivity index (χ1) is 12.2. The van der Waals surface area contributed by atoms with Crippen LogP contribution in [-0.2, 0) is 9.84 Å². The number of anilines is 1. The van der Waals surface area contributed by atoms with Crippen LogP contribution >= 0.6 is 11.6 Å². The molecule has 1 aromatic heterocycles. The van der Waals surface area contributed by atoms with Crippen molar-refractivity contribution in [3.63, 3.8) is 0 Å². The van der Waals surface area contributed by atoms with Gasteiger partial charge in [0.2, 0.25) is 0 Å². The number of halogens is 2. The number of carbonyl (C=O) groups excluding carboxylic acids is 1. The Kier molecular flexibility index (Phi) is 5.07. The molecule has 1 aliphatic heterocycles. The number of amides is 1. The van der Waals surface area contributed by atoms with Gasteiger partial charge in [-0.3, -0.25) is 9.48 Å². The van der Waals surface area contributed by atoms with Crippen LogP contribution < -0.4 is 5.32 Å². The molecule has 2 heterocycles. The lowest BCUT2D eigenvalue weighted by Gasteiger charge is -2.08. The van der Waals surface area contributed by atoms with Crippen molar-refractivity contribution in [1.82, 2.24) is 9.78 Å². The van der Waals surface area contributed by atoms with Crippen LogP contribution in [0.1, 0.15) is 48.3 Å². The van der Waals surface area contributed by atoms with E-state index in [2.05, 4.69) is 10.4 Å². The second-order valence-corrected chi connectivity index (χ2v) is 9.36. The molecule has 1 aliphatic rings. The summed E-state index contributed by atoms with van der Waals surface area (Å²) in [5, 5.41) is 7.25. The molecule has 140 valence electrons. The van der Waals surface area contributed by atoms with Gasteiger partial charge in [0.1, 0.15) is 5.82 Å². The smallest absolute Gasteiger partial charge is 0.259 e. The molecule has 1 unspecified atom stereocenters. The van der Waals surface area contributed by atoms with Crippen molar-refractivity contribution in [2.75, 3.05) is 16.8 Å². The summed E-state index contributed by atoms with van der Waals surface area (Å²) in [7, 11) is -3.07. The molecular formula is C17H19ClFN3O3S. The van der Waals surface area contributed by atoms with Gasteiger partial charge < -0.3 is 5.32 Å². The van der Waals surface area contributed by atoms with E-state index in [9.17, 15) is 17.6 Å². The molecule has 2 aromatic rings. The summed E-state index contributed by atoms with van der Waals surface area (Å²) in [6.45, 7) is 3.77. The van der Waals surface area contributed by atoms with Crippen LogP contribution in [0.4, 0.5) is 10.1 Å². The van der Waals surface area contributed by atoms with Crippen LogP contribution in [0.2, 0.25) is 5.02 Å². The maximum Gasteiger partial charge on any atom is 0.259 e. The summed E-state index contributed by atoms with van der Waals surface area (Å²) in [6.07, 6.45) is 2.00. The number of nitrogens with one attached hydrogen (secondary N) is 1. The first-order valence-electron chi connectivity index (χ1n) is 8.22. The predicted octanol–water partition coefficient (Wildman–Crippen LogP) is 3.41. The minimum atomic E-state index is -3.07. The summed E-state index contributed by atoms with van der Waals surface area (Å²) in [6, 6.07) is 3.61. The van der Waals surface area contributed by atoms with E-state index in [4.69, 9.17) is 11.6 Å². The highest BCUT2D eigenvalue weighted by atomic mass is 35.5. The predicted molar refractivity (Wildman–Crippen MR) is 98.0 cm³/mol. The van der Waals surface area contributed by atoms with Crippen LogP contribution in [0, 0.1) is 5.82 Å². The van der Waals surface area contributed by atoms with Crippen LogP contribution in [0.5, 0.6) is 0 Å². The highest BCUT2D eigenvalue weighted by Gasteiger charge is 2.31. The van der Waals surface area contributed by atoms with Gasteiger partial charge in [-0.15, -0.1) is 0 Å². The molecule has 0 radical (unpaired) electrons. The third-order valence-corrected chi connectivity index (χ3v) is 6.30. The van der Waals surface area contributed by atoms with E-state index in [1.54, 1.807) is 10.9 Å². The fraction of sp³-hybridized carbons (Fsp3) is 0.412. The topological polar surface area (TPSA) is 81.1 Å². The number of rotatable bonds is 4. The number of sulfone groups is 1. The first-order valence-corrected chi connectivity index (χ1v) is 10.4. The Morgan fingerprint density at radius 3 is 2.77 bits per heavy atom. The first kappa shape index (κ1) is 18.8. The number of carbonyl (C=O) groups is 1. The molecule has 1 amide bonds. The van der Waals surface area contributed by atoms with Gasteiger partial charge in [-0.2, -0.15) is 5.10 Å². The van der Waals surface area contributed by atoms with Crippen molar-refractivity contribution in [2.45, 2.75) is 32.2 Å². The zero-order valence-corrected chi connectivity index (χ0v) is 15.9. The fourth-order valence-electron chi connectivity index (χ4n) is 2.96. The van der Waals surface area contributed by atoms with E-state index >= 15 is 0 Å². The van der Waals surface area contributed by atoms with E-state index in [0.717, 1.165) is 0 Å². The van der Waals surface area contributed by atoms with Gasteiger partial charge in [-0.1, -0.05) is 25.4 Å². The summed E-state index contributed by atoms with van der Waals surface area (Å²) in [5.41, 5.74) is 0.811. The normalized spacial score (nSPS) is 19.0. The van der Waals surface area contributed by atoms with Gasteiger partial charge in [0.05, 0.1) is 34.5 Å². The Morgan fingerprint density at radius 1 is 1.42 bits per heavy atom. The Morgan fingerprint density at radius 2 is 2.15 bits per heavy atom. The summed E-state index contributed by atoms with van der Waals surface area (Å²) in [4.78, 5) is 12.7. The molecular weight excluding hydrogens is 381 g/mol. The van der Waals surface area contributed by atoms with Gasteiger partial charge >= 0.3 is 0 Å². The van der Waals surface area contributed by atoms with Gasteiger partial charge in [-0.25, -0.2) is 12.8 Å². The third-order valence-electron chi connectivity index (χ3n) is 4.31. The average molecular weight is 400 g/mol. The molecule has 1 fully saturated rings. The van der Waals surface area contributed by atoms with E-state index in [1.807, 2.05) is 13.8 Å². The molecule has 0 aliphatic carbocycles. The molecule has 0 bridgehead atoms. The molecule has 3 rings (SSSR count). The summed E-state index contributed by atoms with van der Waals surface area (Å²) >= 11 is 5.85. The second-order valence-electron chi connectivity index (χ2n) is 6.70. The Hall–Kier alpha value is -1.93. The molecule has 26 heavy (non-hydrogen) atoms. The summed E-state index contributed by atoms with van der Waals surface area (Å²) in [5.74, 6) is -1.04. The molecule has 1 aromatic carbocycles. The largest absolute Gasteiger partial charge is 0.319 e. The van der Waals surface area contributed by atoms with Gasteiger partial charge in [0, 0.05) is 11.2 Å². The van der Waals surface area contributed by atoms with Crippen LogP contribution in [0.15, 0.2) is 24.4 Å². The number of aromatic nitrogens is 2. The zero-order chi connectivity index (χ0) is 19.1. The monoisotopic (exact) mass is 399 g/mol. The standard InChI is InChI=1S/C17H19ClFN3O3S/c1-10(2)16-13(8-22(21-16)12-5-6-26(24,25)9-12)17(23)20-15-7-11(18)3-4-14(15)19/h3-4,7-8,10,12H,5-6,9H2,1-2H3,(H,20,23). The molecule has 0 saturated carbocycles. The Bertz CT molecular complexity index is 956. The van der Waals surface area contributed by atoms with Crippen LogP contribution in [0.25, 0.3) is 0 Å². The van der Waals surface area contributed by atoms with Crippen molar-refractivity contribution in [2.24, 2.45) is 0 Å². The quantitative estimate of drug-likeness (QED) is 0.854. The molecule has 1 atom stereocenters. The van der Waals surface area contributed by atoms with E-state index in [1.165, 1.54) is 18.2 Å². The number of benzene rings is 1. The lowest BCUT2D eigenvalue weighted by atomic mass is 10.1. The second kappa shape index (κ2) is 7.00. The van der Waals surface area contributed by atoms with E-state index < -0.39 is 21.6 Å². The Labute approximate surface area is 156 Å². The highest BCUT2D eigenvalue weighted by molar-refractivity contribution is 7.91. The van der Waals surface area contributed by atoms with Crippen molar-refractivity contribution >= 4 is 33.0 Å². The molecule has 1 saturated heterocycles. The number of nitrogens with zero attached hydrogens (tertiary/aromatic N) is 2. The zero-order valence-electron chi connectivity index (χ0n) is 14.4. The van der Waals surface area contributed by atoms with Crippen LogP contribution in [0.3, 0.4) is 0 Å². The summed E-state index contributed by atoms with van der Waals surface area (Å²) < 4.78 is 38.8. The van der Waals surface area contributed by atoms with Crippen LogP contribution in [-0.4, -0.2) is 35.6 Å². The van der Waals surface area contributed by atoms with Gasteiger partial charge in [-0.05, 0) is 30.5 Å². The van der Waals surface area contributed by atoms with E-state index in [-0.39, 0.29) is 29.2 Å². The highest BCUT2D eigenvalue weighted by Crippen LogP contribution is 2.27. The number of hydrogen-bond donors (Lipinski definition) is 1. The molecule has 1 N–H and O–H groups in total. The van der Waals surface area contributed by atoms with Crippen molar-refractivity contribution in [3.05, 3.63) is 46.5 Å². The van der Waals surface area contributed by atoms with Gasteiger partial charge in [0.25, 0.3) is 5.91 Å². The Balaban J connectivity index is 1.91. The van der Waals surface area contributed by atoms with E-state index in [0.29, 0.717) is 22.7 Å². The fourth-order valence-corrected chi connectivity index (χ4v) is 4.84. The SMILES string of the molecule is CC(C)c1nn(C2CCS(=O)(=O)C2)cc1C(=O)Nc1cc(Cl)ccc1F. The lowest BCUT2D eigenvalue weighted by molar-refractivity contribution is 0.102. The minimum absolute atomic E-state index is 0.0101. The van der Waals surface area contributed by atoms with Gasteiger partial charge in [0.15, 0.2) is 9.84 Å². The lowest BCUT2D eigenvalue weighted by Crippen LogP contribution is -2.15. The van der Waals surface area contributed by atoms with Crippen molar-refractivity contribution in [1.29, 1.82) is 0 Å². The van der Waals surface area contributed by atoms with Crippen molar-refractivity contribution in [3.8, 4) is 0 Å². The third kappa shape index (κ3) is 3.91. The molecule has 0 spiro atoms. The molecule has 6 nitrogen and oxygen atoms in total. The minimum Gasteiger partial charge on any atom is -0.319 e. The molecule has 9 heteroatoms. The number of hydrogen-bond acceptors (Lipinski definition) is 4.